The minimum atomic E-state index is -2.98. The highest BCUT2D eigenvalue weighted by Gasteiger charge is 2.43. The third-order valence-corrected chi connectivity index (χ3v) is 5.03. The number of hydrogen-bond donors (Lipinski definition) is 0. The SMILES string of the molecule is COC(=O)C1=C(OC)OC[P@@]1(=O)CCl.O. The fourth-order valence-electron chi connectivity index (χ4n) is 1.06. The van der Waals surface area contributed by atoms with Crippen LogP contribution < -0.4 is 0 Å². The summed E-state index contributed by atoms with van der Waals surface area (Å²) in [4.78, 5) is 11.3. The maximum absolute atomic E-state index is 12.0. The highest BCUT2D eigenvalue weighted by Crippen LogP contribution is 2.60. The molecule has 0 amide bonds. The van der Waals surface area contributed by atoms with E-state index in [4.69, 9.17) is 21.1 Å². The largest absolute Gasteiger partial charge is 0.468 e. The molecule has 1 aliphatic rings. The molecule has 1 aliphatic heterocycles. The van der Waals surface area contributed by atoms with Gasteiger partial charge in [-0.05, 0) is 0 Å². The fourth-order valence-corrected chi connectivity index (χ4v) is 3.18. The van der Waals surface area contributed by atoms with Crippen LogP contribution in [0, 0.1) is 0 Å². The van der Waals surface area contributed by atoms with Gasteiger partial charge >= 0.3 is 5.97 Å². The third-order valence-electron chi connectivity index (χ3n) is 1.76. The zero-order valence-corrected chi connectivity index (χ0v) is 9.93. The summed E-state index contributed by atoms with van der Waals surface area (Å²) in [6.45, 7) is 0. The summed E-state index contributed by atoms with van der Waals surface area (Å²) in [6, 6.07) is 0. The minimum Gasteiger partial charge on any atom is -0.468 e. The first-order valence-corrected chi connectivity index (χ1v) is 6.34. The number of hydrogen-bond acceptors (Lipinski definition) is 5. The Labute approximate surface area is 91.8 Å². The lowest BCUT2D eigenvalue weighted by Crippen LogP contribution is -2.06. The molecule has 0 aliphatic carbocycles. The summed E-state index contributed by atoms with van der Waals surface area (Å²) in [5, 5.41) is -0.0718. The molecule has 0 spiro atoms. The van der Waals surface area contributed by atoms with Gasteiger partial charge < -0.3 is 24.3 Å². The van der Waals surface area contributed by atoms with E-state index < -0.39 is 13.1 Å². The Morgan fingerprint density at radius 3 is 2.60 bits per heavy atom. The van der Waals surface area contributed by atoms with Gasteiger partial charge in [0, 0.05) is 0 Å². The predicted molar refractivity (Wildman–Crippen MR) is 53.9 cm³/mol. The monoisotopic (exact) mass is 258 g/mol. The van der Waals surface area contributed by atoms with Crippen LogP contribution in [-0.2, 0) is 23.6 Å². The average Bonchev–Trinajstić information content (AvgIpc) is 2.55. The van der Waals surface area contributed by atoms with Crippen LogP contribution in [-0.4, -0.2) is 37.6 Å². The van der Waals surface area contributed by atoms with Crippen molar-refractivity contribution in [2.24, 2.45) is 0 Å². The molecule has 0 aromatic rings. The molecule has 2 N–H and O–H groups in total. The quantitative estimate of drug-likeness (QED) is 0.422. The fraction of sp³-hybridized carbons (Fsp3) is 0.571. The molecule has 15 heavy (non-hydrogen) atoms. The van der Waals surface area contributed by atoms with E-state index in [0.717, 1.165) is 0 Å². The first-order valence-electron chi connectivity index (χ1n) is 3.73. The minimum absolute atomic E-state index is 0. The Morgan fingerprint density at radius 2 is 2.20 bits per heavy atom. The van der Waals surface area contributed by atoms with Crippen molar-refractivity contribution in [1.82, 2.24) is 0 Å². The summed E-state index contributed by atoms with van der Waals surface area (Å²) >= 11 is 5.53. The van der Waals surface area contributed by atoms with Crippen molar-refractivity contribution in [2.45, 2.75) is 0 Å². The molecule has 0 aromatic carbocycles. The van der Waals surface area contributed by atoms with Crippen molar-refractivity contribution in [1.29, 1.82) is 0 Å². The van der Waals surface area contributed by atoms with Crippen molar-refractivity contribution in [3.05, 3.63) is 11.3 Å². The molecular weight excluding hydrogens is 246 g/mol. The van der Waals surface area contributed by atoms with Gasteiger partial charge in [-0.3, -0.25) is 0 Å². The zero-order chi connectivity index (χ0) is 10.8. The molecule has 0 aromatic heterocycles. The van der Waals surface area contributed by atoms with Gasteiger partial charge in [-0.25, -0.2) is 4.79 Å². The molecule has 0 unspecified atom stereocenters. The smallest absolute Gasteiger partial charge is 0.348 e. The number of rotatable bonds is 3. The van der Waals surface area contributed by atoms with Crippen molar-refractivity contribution >= 4 is 24.7 Å². The molecule has 0 bridgehead atoms. The standard InChI is InChI=1S/C7H10ClO5P.H2O/c1-11-6(9)5-7(12-2)13-4-14(5,10)3-8;/h3-4H2,1-2H3;1H2/t14-;/m0./s1. The van der Waals surface area contributed by atoms with Crippen LogP contribution in [0.2, 0.25) is 0 Å². The van der Waals surface area contributed by atoms with Crippen LogP contribution in [0.1, 0.15) is 0 Å². The second-order valence-corrected chi connectivity index (χ2v) is 6.05. The van der Waals surface area contributed by atoms with Gasteiger partial charge in [0.25, 0.3) is 5.95 Å². The molecular formula is C7H12ClO6P. The molecule has 0 fully saturated rings. The van der Waals surface area contributed by atoms with Crippen LogP contribution in [0.25, 0.3) is 0 Å². The van der Waals surface area contributed by atoms with Gasteiger partial charge in [0.1, 0.15) is 6.35 Å². The Balaban J connectivity index is 0.00000196. The van der Waals surface area contributed by atoms with E-state index in [0.29, 0.717) is 0 Å². The van der Waals surface area contributed by atoms with Crippen LogP contribution in [0.4, 0.5) is 0 Å². The molecule has 1 atom stereocenters. The topological polar surface area (TPSA) is 93.3 Å². The average molecular weight is 259 g/mol. The molecule has 0 radical (unpaired) electrons. The normalized spacial score (nSPS) is 24.2. The summed E-state index contributed by atoms with van der Waals surface area (Å²) in [5.41, 5.74) is -0.162. The Bertz CT molecular complexity index is 325. The van der Waals surface area contributed by atoms with Gasteiger partial charge in [0.15, 0.2) is 12.5 Å². The lowest BCUT2D eigenvalue weighted by atomic mass is 10.6. The van der Waals surface area contributed by atoms with Crippen molar-refractivity contribution in [2.75, 3.05) is 26.2 Å². The maximum atomic E-state index is 12.0. The van der Waals surface area contributed by atoms with Crippen molar-refractivity contribution in [3.8, 4) is 0 Å². The number of esters is 1. The summed E-state index contributed by atoms with van der Waals surface area (Å²) in [6.07, 6.45) is -0.107. The summed E-state index contributed by atoms with van der Waals surface area (Å²) < 4.78 is 26.2. The van der Waals surface area contributed by atoms with Gasteiger partial charge in [0.05, 0.1) is 19.8 Å². The van der Waals surface area contributed by atoms with Gasteiger partial charge in [0.2, 0.25) is 0 Å². The molecule has 1 heterocycles. The van der Waals surface area contributed by atoms with E-state index >= 15 is 0 Å². The van der Waals surface area contributed by atoms with Crippen LogP contribution in [0.3, 0.4) is 0 Å². The summed E-state index contributed by atoms with van der Waals surface area (Å²) in [7, 11) is -0.468. The third kappa shape index (κ3) is 2.45. The number of ether oxygens (including phenoxy) is 3. The zero-order valence-electron chi connectivity index (χ0n) is 8.28. The molecule has 88 valence electrons. The van der Waals surface area contributed by atoms with E-state index in [1.54, 1.807) is 0 Å². The Morgan fingerprint density at radius 1 is 1.60 bits per heavy atom. The number of carbonyl (C=O) groups excluding carboxylic acids is 1. The first-order chi connectivity index (χ1) is 6.59. The molecule has 0 saturated carbocycles. The number of halogens is 1. The summed E-state index contributed by atoms with van der Waals surface area (Å²) in [5.74, 6) is -0.774. The first kappa shape index (κ1) is 14.3. The van der Waals surface area contributed by atoms with E-state index in [-0.39, 0.29) is 28.7 Å². The van der Waals surface area contributed by atoms with Gasteiger partial charge in [-0.2, -0.15) is 0 Å². The second-order valence-electron chi connectivity index (χ2n) is 2.61. The van der Waals surface area contributed by atoms with Crippen molar-refractivity contribution in [3.63, 3.8) is 0 Å². The van der Waals surface area contributed by atoms with E-state index in [2.05, 4.69) is 4.74 Å². The molecule has 0 saturated heterocycles. The predicted octanol–water partition coefficient (Wildman–Crippen LogP) is 0.697. The molecule has 1 rings (SSSR count). The van der Waals surface area contributed by atoms with Gasteiger partial charge in [-0.1, -0.05) is 0 Å². The lowest BCUT2D eigenvalue weighted by Gasteiger charge is -2.07. The van der Waals surface area contributed by atoms with Crippen LogP contribution in [0.15, 0.2) is 11.3 Å². The van der Waals surface area contributed by atoms with E-state index in [1.165, 1.54) is 14.2 Å². The van der Waals surface area contributed by atoms with Crippen LogP contribution in [0.5, 0.6) is 0 Å². The maximum Gasteiger partial charge on any atom is 0.348 e. The number of methoxy groups -OCH3 is 2. The van der Waals surface area contributed by atoms with E-state index in [1.807, 2.05) is 0 Å². The Kier molecular flexibility index (Phi) is 5.14. The Hall–Kier alpha value is -0.710. The highest BCUT2D eigenvalue weighted by molar-refractivity contribution is 7.70. The second kappa shape index (κ2) is 5.39. The number of alkyl halides is 1. The van der Waals surface area contributed by atoms with Crippen molar-refractivity contribution < 1.29 is 29.0 Å². The lowest BCUT2D eigenvalue weighted by molar-refractivity contribution is -0.135. The molecule has 8 heteroatoms. The van der Waals surface area contributed by atoms with E-state index in [9.17, 15) is 9.36 Å². The molecule has 6 nitrogen and oxygen atoms in total. The van der Waals surface area contributed by atoms with Crippen LogP contribution >= 0.6 is 18.7 Å². The highest BCUT2D eigenvalue weighted by atomic mass is 35.5. The number of carbonyl (C=O) groups is 1. The van der Waals surface area contributed by atoms with Gasteiger partial charge in [-0.15, -0.1) is 11.6 Å².